The van der Waals surface area contributed by atoms with E-state index in [-0.39, 0.29) is 23.9 Å². The summed E-state index contributed by atoms with van der Waals surface area (Å²) in [5.41, 5.74) is 1.02. The highest BCUT2D eigenvalue weighted by Crippen LogP contribution is 2.21. The largest absolute Gasteiger partial charge is 0.343 e. The molecule has 0 bridgehead atoms. The summed E-state index contributed by atoms with van der Waals surface area (Å²) in [4.78, 5) is 28.6. The lowest BCUT2D eigenvalue weighted by molar-refractivity contribution is -0.136. The molecule has 25 heavy (non-hydrogen) atoms. The van der Waals surface area contributed by atoms with Gasteiger partial charge in [0.1, 0.15) is 0 Å². The van der Waals surface area contributed by atoms with Gasteiger partial charge in [0.2, 0.25) is 5.91 Å². The number of piperidine rings is 1. The molecule has 0 aliphatic carbocycles. The number of urea groups is 1. The van der Waals surface area contributed by atoms with E-state index >= 15 is 0 Å². The van der Waals surface area contributed by atoms with E-state index in [0.717, 1.165) is 31.5 Å². The molecule has 0 saturated carbocycles. The van der Waals surface area contributed by atoms with Crippen molar-refractivity contribution in [1.82, 2.24) is 15.1 Å². The number of carbonyl (C=O) groups is 2. The number of carbonyl (C=O) groups excluding carboxylic acids is 2. The Morgan fingerprint density at radius 3 is 2.28 bits per heavy atom. The van der Waals surface area contributed by atoms with Crippen LogP contribution in [0.2, 0.25) is 5.02 Å². The number of hydrogen-bond donors (Lipinski definition) is 1. The summed E-state index contributed by atoms with van der Waals surface area (Å²) in [6, 6.07) is 7.33. The van der Waals surface area contributed by atoms with Crippen LogP contribution in [0.3, 0.4) is 0 Å². The third-order valence-electron chi connectivity index (χ3n) is 4.92. The third kappa shape index (κ3) is 5.11. The molecule has 6 heteroatoms. The fraction of sp³-hybridized carbons (Fsp3) is 0.579. The van der Waals surface area contributed by atoms with Crippen LogP contribution in [0.15, 0.2) is 24.3 Å². The quantitative estimate of drug-likeness (QED) is 0.865. The molecule has 1 aliphatic rings. The third-order valence-corrected chi connectivity index (χ3v) is 5.17. The van der Waals surface area contributed by atoms with Crippen molar-refractivity contribution in [1.29, 1.82) is 0 Å². The van der Waals surface area contributed by atoms with E-state index in [1.54, 1.807) is 4.90 Å². The summed E-state index contributed by atoms with van der Waals surface area (Å²) >= 11 is 5.90. The Balaban J connectivity index is 1.84. The van der Waals surface area contributed by atoms with Crippen molar-refractivity contribution in [2.45, 2.75) is 39.7 Å². The number of nitrogens with zero attached hydrogens (tertiary/aromatic N) is 2. The minimum Gasteiger partial charge on any atom is -0.343 e. The molecule has 1 aliphatic heterocycles. The van der Waals surface area contributed by atoms with Gasteiger partial charge in [-0.05, 0) is 51.3 Å². The topological polar surface area (TPSA) is 52.7 Å². The molecule has 1 aromatic rings. The van der Waals surface area contributed by atoms with Crippen LogP contribution in [-0.4, -0.2) is 47.9 Å². The highest BCUT2D eigenvalue weighted by molar-refractivity contribution is 6.30. The number of halogens is 1. The fourth-order valence-corrected chi connectivity index (χ4v) is 3.36. The molecule has 0 radical (unpaired) electrons. The van der Waals surface area contributed by atoms with Gasteiger partial charge in [0.05, 0.1) is 6.04 Å². The number of nitrogens with one attached hydrogen (secondary N) is 1. The number of rotatable bonds is 5. The number of likely N-dealkylation sites (tertiary alicyclic amines) is 1. The first kappa shape index (κ1) is 19.6. The van der Waals surface area contributed by atoms with Gasteiger partial charge >= 0.3 is 6.03 Å². The molecular weight excluding hydrogens is 338 g/mol. The van der Waals surface area contributed by atoms with Crippen molar-refractivity contribution in [3.63, 3.8) is 0 Å². The van der Waals surface area contributed by atoms with E-state index in [2.05, 4.69) is 5.32 Å². The molecule has 138 valence electrons. The Labute approximate surface area is 155 Å². The Hall–Kier alpha value is -1.75. The second-order valence-electron chi connectivity index (χ2n) is 6.49. The SMILES string of the molecule is CCN(CC)C(=O)C1CCN(C(=O)NC(C)c2ccc(Cl)cc2)CC1. The van der Waals surface area contributed by atoms with E-state index in [9.17, 15) is 9.59 Å². The molecule has 1 heterocycles. The lowest BCUT2D eigenvalue weighted by atomic mass is 9.95. The summed E-state index contributed by atoms with van der Waals surface area (Å²) in [6.45, 7) is 8.69. The van der Waals surface area contributed by atoms with Crippen LogP contribution in [0, 0.1) is 5.92 Å². The standard InChI is InChI=1S/C19H28ClN3O2/c1-4-22(5-2)18(24)16-10-12-23(13-11-16)19(25)21-14(3)15-6-8-17(20)9-7-15/h6-9,14,16H,4-5,10-13H2,1-3H3,(H,21,25). The molecule has 1 atom stereocenters. The van der Waals surface area contributed by atoms with Gasteiger partial charge in [0.25, 0.3) is 0 Å². The smallest absolute Gasteiger partial charge is 0.317 e. The monoisotopic (exact) mass is 365 g/mol. The van der Waals surface area contributed by atoms with Gasteiger partial charge in [-0.2, -0.15) is 0 Å². The Kier molecular flexibility index (Phi) is 7.12. The maximum Gasteiger partial charge on any atom is 0.317 e. The predicted octanol–water partition coefficient (Wildman–Crippen LogP) is 3.69. The van der Waals surface area contributed by atoms with Gasteiger partial charge in [-0.3, -0.25) is 4.79 Å². The zero-order valence-electron chi connectivity index (χ0n) is 15.3. The summed E-state index contributed by atoms with van der Waals surface area (Å²) in [5, 5.41) is 3.71. The van der Waals surface area contributed by atoms with Gasteiger partial charge in [-0.25, -0.2) is 4.79 Å². The minimum atomic E-state index is -0.0835. The normalized spacial score (nSPS) is 16.4. The summed E-state index contributed by atoms with van der Waals surface area (Å²) in [6.07, 6.45) is 1.47. The summed E-state index contributed by atoms with van der Waals surface area (Å²) in [5.74, 6) is 0.261. The van der Waals surface area contributed by atoms with Crippen LogP contribution >= 0.6 is 11.6 Å². The zero-order valence-corrected chi connectivity index (χ0v) is 16.1. The summed E-state index contributed by atoms with van der Waals surface area (Å²) < 4.78 is 0. The first-order chi connectivity index (χ1) is 12.0. The Morgan fingerprint density at radius 2 is 1.76 bits per heavy atom. The molecule has 0 aromatic heterocycles. The van der Waals surface area contributed by atoms with Crippen LogP contribution in [0.1, 0.15) is 45.2 Å². The second-order valence-corrected chi connectivity index (χ2v) is 6.93. The van der Waals surface area contributed by atoms with Crippen molar-refractivity contribution >= 4 is 23.5 Å². The molecule has 1 unspecified atom stereocenters. The maximum absolute atomic E-state index is 12.5. The molecule has 1 aromatic carbocycles. The fourth-order valence-electron chi connectivity index (χ4n) is 3.23. The second kappa shape index (κ2) is 9.09. The Bertz CT molecular complexity index is 579. The van der Waals surface area contributed by atoms with Crippen molar-refractivity contribution in [3.05, 3.63) is 34.9 Å². The molecule has 2 rings (SSSR count). The molecule has 0 spiro atoms. The van der Waals surface area contributed by atoms with Crippen LogP contribution in [0.4, 0.5) is 4.79 Å². The van der Waals surface area contributed by atoms with E-state index in [1.165, 1.54) is 0 Å². The minimum absolute atomic E-state index is 0.0395. The molecule has 1 fully saturated rings. The van der Waals surface area contributed by atoms with E-state index in [1.807, 2.05) is 49.9 Å². The van der Waals surface area contributed by atoms with Gasteiger partial charge < -0.3 is 15.1 Å². The van der Waals surface area contributed by atoms with Crippen molar-refractivity contribution < 1.29 is 9.59 Å². The van der Waals surface area contributed by atoms with Crippen LogP contribution in [0.5, 0.6) is 0 Å². The average molecular weight is 366 g/mol. The lowest BCUT2D eigenvalue weighted by Gasteiger charge is -2.34. The number of hydrogen-bond acceptors (Lipinski definition) is 2. The lowest BCUT2D eigenvalue weighted by Crippen LogP contribution is -2.48. The van der Waals surface area contributed by atoms with E-state index in [4.69, 9.17) is 11.6 Å². The van der Waals surface area contributed by atoms with Crippen LogP contribution < -0.4 is 5.32 Å². The van der Waals surface area contributed by atoms with Gasteiger partial charge in [-0.1, -0.05) is 23.7 Å². The van der Waals surface area contributed by atoms with Gasteiger partial charge in [0.15, 0.2) is 0 Å². The Morgan fingerprint density at radius 1 is 1.20 bits per heavy atom. The van der Waals surface area contributed by atoms with Crippen molar-refractivity contribution in [3.8, 4) is 0 Å². The number of amides is 3. The first-order valence-corrected chi connectivity index (χ1v) is 9.43. The van der Waals surface area contributed by atoms with Crippen LogP contribution in [0.25, 0.3) is 0 Å². The summed E-state index contributed by atoms with van der Waals surface area (Å²) in [7, 11) is 0. The van der Waals surface area contributed by atoms with Crippen molar-refractivity contribution in [2.24, 2.45) is 5.92 Å². The maximum atomic E-state index is 12.5. The van der Waals surface area contributed by atoms with E-state index in [0.29, 0.717) is 18.1 Å². The van der Waals surface area contributed by atoms with Gasteiger partial charge in [0, 0.05) is 37.1 Å². The first-order valence-electron chi connectivity index (χ1n) is 9.05. The van der Waals surface area contributed by atoms with Crippen molar-refractivity contribution in [2.75, 3.05) is 26.2 Å². The molecule has 5 nitrogen and oxygen atoms in total. The highest BCUT2D eigenvalue weighted by Gasteiger charge is 2.29. The molecular formula is C19H28ClN3O2. The van der Waals surface area contributed by atoms with E-state index < -0.39 is 0 Å². The molecule has 1 saturated heterocycles. The number of benzene rings is 1. The molecule has 3 amide bonds. The highest BCUT2D eigenvalue weighted by atomic mass is 35.5. The predicted molar refractivity (Wildman–Crippen MR) is 101 cm³/mol. The molecule has 1 N–H and O–H groups in total. The average Bonchev–Trinajstić information content (AvgIpc) is 2.63. The van der Waals surface area contributed by atoms with Crippen LogP contribution in [-0.2, 0) is 4.79 Å². The zero-order chi connectivity index (χ0) is 18.4. The van der Waals surface area contributed by atoms with Gasteiger partial charge in [-0.15, -0.1) is 0 Å².